The Labute approximate surface area is 393 Å². The van der Waals surface area contributed by atoms with E-state index in [0.717, 1.165) is 29.4 Å². The fourth-order valence-electron chi connectivity index (χ4n) is 11.8. The maximum atomic E-state index is 15.1. The van der Waals surface area contributed by atoms with E-state index in [-0.39, 0.29) is 50.1 Å². The number of aliphatic hydroxyl groups excluding tert-OH is 2. The molecule has 3 N–H and O–H groups in total. The number of hydrogen-bond donors (Lipinski definition) is 3. The van der Waals surface area contributed by atoms with Crippen molar-refractivity contribution in [2.24, 2.45) is 29.6 Å². The molecule has 4 aliphatic heterocycles. The van der Waals surface area contributed by atoms with Crippen LogP contribution >= 0.6 is 0 Å². The Kier molecular flexibility index (Phi) is 17.7. The maximum Gasteiger partial charge on any atom is 0.309 e. The quantitative estimate of drug-likeness (QED) is 0.185. The lowest BCUT2D eigenvalue weighted by Gasteiger charge is -2.51. The fourth-order valence-corrected chi connectivity index (χ4v) is 11.8. The van der Waals surface area contributed by atoms with Crippen molar-refractivity contribution in [3.63, 3.8) is 0 Å². The lowest BCUT2D eigenvalue weighted by molar-refractivity contribution is -0.262. The van der Waals surface area contributed by atoms with Gasteiger partial charge >= 0.3 is 5.97 Å². The number of aliphatic hydroxyl groups is 3. The number of ketones is 1. The normalized spacial score (nSPS) is 41.0. The summed E-state index contributed by atoms with van der Waals surface area (Å²) >= 11 is 0. The second-order valence-electron chi connectivity index (χ2n) is 20.6. The van der Waals surface area contributed by atoms with Crippen LogP contribution in [0.3, 0.4) is 0 Å². The van der Waals surface area contributed by atoms with Crippen LogP contribution in [0, 0.1) is 29.6 Å². The van der Waals surface area contributed by atoms with Crippen molar-refractivity contribution < 1.29 is 58.1 Å². The number of hydrogen-bond acceptors (Lipinski definition) is 14. The van der Waals surface area contributed by atoms with Crippen LogP contribution in [0.4, 0.5) is 0 Å². The molecule has 370 valence electrons. The Hall–Kier alpha value is -2.89. The summed E-state index contributed by atoms with van der Waals surface area (Å²) in [5, 5.41) is 36.4. The van der Waals surface area contributed by atoms with Crippen LogP contribution in [-0.4, -0.2) is 149 Å². The number of esters is 1. The monoisotopic (exact) mass is 925 g/mol. The summed E-state index contributed by atoms with van der Waals surface area (Å²) in [4.78, 5) is 36.6. The summed E-state index contributed by atoms with van der Waals surface area (Å²) in [7, 11) is 3.61. The first-order chi connectivity index (χ1) is 31.3. The van der Waals surface area contributed by atoms with E-state index in [1.54, 1.807) is 27.2 Å². The predicted molar refractivity (Wildman–Crippen MR) is 251 cm³/mol. The molecule has 1 aromatic heterocycles. The molecule has 14 nitrogen and oxygen atoms in total. The molecule has 0 amide bonds. The number of carbonyl (C=O) groups is 2. The van der Waals surface area contributed by atoms with E-state index in [0.29, 0.717) is 32.1 Å². The number of fused-ring (bicyclic) bond motifs is 3. The molecule has 66 heavy (non-hydrogen) atoms. The zero-order valence-corrected chi connectivity index (χ0v) is 41.4. The highest BCUT2D eigenvalue weighted by Crippen LogP contribution is 2.46. The van der Waals surface area contributed by atoms with Gasteiger partial charge in [-0.3, -0.25) is 14.6 Å². The molecule has 0 spiro atoms. The first-order valence-electron chi connectivity index (χ1n) is 24.6. The molecule has 2 bridgehead atoms. The number of nitrogens with zero attached hydrogens (tertiary/aromatic N) is 2. The third-order valence-corrected chi connectivity index (χ3v) is 15.5. The number of ether oxygens (including phenoxy) is 7. The van der Waals surface area contributed by atoms with Gasteiger partial charge in [-0.1, -0.05) is 65.0 Å². The second kappa shape index (κ2) is 22.2. The van der Waals surface area contributed by atoms with Gasteiger partial charge in [0, 0.05) is 55.5 Å². The van der Waals surface area contributed by atoms with Crippen LogP contribution in [0.25, 0.3) is 17.0 Å². The van der Waals surface area contributed by atoms with Crippen molar-refractivity contribution in [3.8, 4) is 0 Å². The van der Waals surface area contributed by atoms with Crippen molar-refractivity contribution in [2.45, 2.75) is 179 Å². The van der Waals surface area contributed by atoms with Gasteiger partial charge in [0.15, 0.2) is 6.29 Å². The van der Waals surface area contributed by atoms with Crippen LogP contribution in [-0.2, 0) is 42.7 Å². The topological polar surface area (TPSA) is 176 Å². The highest BCUT2D eigenvalue weighted by molar-refractivity contribution is 5.84. The Morgan fingerprint density at radius 2 is 1.73 bits per heavy atom. The number of aromatic nitrogens is 1. The number of carbonyl (C=O) groups excluding carboxylic acids is 2. The molecule has 4 saturated heterocycles. The number of rotatable bonds is 13. The van der Waals surface area contributed by atoms with Gasteiger partial charge in [-0.05, 0) is 103 Å². The van der Waals surface area contributed by atoms with E-state index < -0.39 is 89.4 Å². The van der Waals surface area contributed by atoms with Gasteiger partial charge in [-0.15, -0.1) is 0 Å². The molecule has 2 unspecified atom stereocenters. The minimum Gasteiger partial charge on any atom is -0.459 e. The molecule has 14 heteroatoms. The summed E-state index contributed by atoms with van der Waals surface area (Å²) in [6.07, 6.45) is 2.61. The number of methoxy groups -OCH3 is 1. The van der Waals surface area contributed by atoms with E-state index in [9.17, 15) is 20.1 Å². The standard InChI is InChI=1S/C52H80N2O12/c1-12-21-54(10)40-24-32(4)64-49(58)45(40)62-30-52-26-31(3)43(41-28-50(8,60-11)46(56)35(7)65-41)33(5)48(57)66-42(13-2)51(9,59)47(34(6)44(55)38(27-52)20-23-63-52)61-22-16-17-36-25-37-18-14-15-19-39(37)53-29-36/h14-19,25,29,31-35,38,40-43,45-47,49,56,58-59H,12-13,20-24,26-28,30H2,1-11H3/b17-16+/t31-,32?,33-,34+,35+,38-,40+,41?,42-,43+,45-,46+,47-,49-,50-,51-,52+/m1/s1. The van der Waals surface area contributed by atoms with Crippen molar-refractivity contribution in [1.29, 1.82) is 0 Å². The van der Waals surface area contributed by atoms with E-state index in [1.165, 1.54) is 0 Å². The molecule has 4 aliphatic rings. The summed E-state index contributed by atoms with van der Waals surface area (Å²) in [5.41, 5.74) is -2.03. The van der Waals surface area contributed by atoms with E-state index in [2.05, 4.69) is 23.7 Å². The lowest BCUT2D eigenvalue weighted by atomic mass is 9.68. The van der Waals surface area contributed by atoms with Gasteiger partial charge in [-0.25, -0.2) is 0 Å². The summed E-state index contributed by atoms with van der Waals surface area (Å²) in [6.45, 7) is 18.1. The molecule has 17 atom stereocenters. The van der Waals surface area contributed by atoms with Gasteiger partial charge in [0.2, 0.25) is 0 Å². The van der Waals surface area contributed by atoms with Crippen LogP contribution in [0.2, 0.25) is 0 Å². The smallest absolute Gasteiger partial charge is 0.309 e. The first-order valence-corrected chi connectivity index (χ1v) is 24.6. The van der Waals surface area contributed by atoms with Crippen LogP contribution in [0.5, 0.6) is 0 Å². The van der Waals surface area contributed by atoms with E-state index in [1.807, 2.05) is 84.2 Å². The fraction of sp³-hybridized carbons (Fsp3) is 0.750. The predicted octanol–water partition coefficient (Wildman–Crippen LogP) is 6.53. The Bertz CT molecular complexity index is 1950. The minimum absolute atomic E-state index is 0.0530. The number of Topliss-reactive ketones (excluding diaryl/α,β-unsaturated/α-hetero) is 1. The van der Waals surface area contributed by atoms with E-state index in [4.69, 9.17) is 33.2 Å². The molecule has 4 fully saturated rings. The van der Waals surface area contributed by atoms with Gasteiger partial charge in [-0.2, -0.15) is 0 Å². The average molecular weight is 925 g/mol. The zero-order valence-electron chi connectivity index (χ0n) is 41.4. The SMILES string of the molecule is CCCN(C)[C@H]1CC(C)O[C@@H](O)[C@@H]1OC[C@]12C[C@@H](CCO1)C(=O)[C@H](C)[C@@H](OC/C=C/c1cnc3ccccc3c1)[C@](C)(O)[C@@H](CC)OC(=O)[C@H](C)[C@@H](C1C[C@@](C)(OC)[C@@H](O)[C@H](C)O1)[C@H](C)C2. The zero-order chi connectivity index (χ0) is 48.1. The summed E-state index contributed by atoms with van der Waals surface area (Å²) in [5.74, 6) is -3.44. The molecular formula is C52H80N2O12. The van der Waals surface area contributed by atoms with Gasteiger partial charge in [0.1, 0.15) is 29.7 Å². The third-order valence-electron chi connectivity index (χ3n) is 15.5. The molecule has 0 aliphatic carbocycles. The molecule has 2 aromatic rings. The maximum absolute atomic E-state index is 15.1. The number of benzene rings is 1. The molecule has 0 radical (unpaired) electrons. The number of pyridine rings is 1. The summed E-state index contributed by atoms with van der Waals surface area (Å²) < 4.78 is 45.2. The van der Waals surface area contributed by atoms with Crippen molar-refractivity contribution >= 4 is 28.7 Å². The second-order valence-corrected chi connectivity index (χ2v) is 20.6. The largest absolute Gasteiger partial charge is 0.459 e. The van der Waals surface area contributed by atoms with Crippen molar-refractivity contribution in [2.75, 3.05) is 40.5 Å². The van der Waals surface area contributed by atoms with E-state index >= 15 is 4.79 Å². The summed E-state index contributed by atoms with van der Waals surface area (Å²) in [6, 6.07) is 9.78. The van der Waals surface area contributed by atoms with Gasteiger partial charge in [0.25, 0.3) is 0 Å². The van der Waals surface area contributed by atoms with Gasteiger partial charge < -0.3 is 53.4 Å². The van der Waals surface area contributed by atoms with Crippen molar-refractivity contribution in [3.05, 3.63) is 48.2 Å². The number of cyclic esters (lactones) is 1. The third kappa shape index (κ3) is 11.6. The Balaban J connectivity index is 1.38. The highest BCUT2D eigenvalue weighted by atomic mass is 16.6. The molecule has 5 heterocycles. The van der Waals surface area contributed by atoms with Crippen LogP contribution in [0.1, 0.15) is 113 Å². The minimum atomic E-state index is -1.80. The molecule has 0 saturated carbocycles. The first kappa shape index (κ1) is 52.5. The molecule has 1 aromatic carbocycles. The molecule has 6 rings (SSSR count). The lowest BCUT2D eigenvalue weighted by Crippen LogP contribution is -2.60. The number of likely N-dealkylation sites (N-methyl/N-ethyl adjacent to an activating group) is 1. The Morgan fingerprint density at radius 1 is 0.985 bits per heavy atom. The number of para-hydroxylation sites is 1. The molecular weight excluding hydrogens is 845 g/mol. The van der Waals surface area contributed by atoms with Crippen molar-refractivity contribution in [1.82, 2.24) is 9.88 Å². The van der Waals surface area contributed by atoms with Crippen LogP contribution in [0.15, 0.2) is 42.6 Å². The van der Waals surface area contributed by atoms with Crippen LogP contribution < -0.4 is 0 Å². The van der Waals surface area contributed by atoms with Gasteiger partial charge in [0.05, 0.1) is 60.3 Å². The highest BCUT2D eigenvalue weighted by Gasteiger charge is 2.55. The Morgan fingerprint density at radius 3 is 2.44 bits per heavy atom. The average Bonchev–Trinajstić information content (AvgIpc) is 3.28.